The maximum absolute atomic E-state index is 8.70. The quantitative estimate of drug-likeness (QED) is 0.430. The van der Waals surface area contributed by atoms with Gasteiger partial charge in [0.2, 0.25) is 0 Å². The average molecular weight is 176 g/mol. The number of nitrogens with zero attached hydrogens (tertiary/aromatic N) is 1. The molecule has 0 amide bonds. The van der Waals surface area contributed by atoms with Crippen molar-refractivity contribution in [3.05, 3.63) is 0 Å². The Hall–Kier alpha value is -0.160. The SMILES string of the molecule is CN(C)CCCNC(CO)CO. The summed E-state index contributed by atoms with van der Waals surface area (Å²) in [5.74, 6) is 0. The maximum Gasteiger partial charge on any atom is 0.0607 e. The molecule has 3 N–H and O–H groups in total. The molecular formula is C8H20N2O2. The van der Waals surface area contributed by atoms with E-state index in [1.165, 1.54) is 0 Å². The second-order valence-electron chi connectivity index (χ2n) is 3.17. The van der Waals surface area contributed by atoms with E-state index in [1.807, 2.05) is 14.1 Å². The number of aliphatic hydroxyl groups is 2. The lowest BCUT2D eigenvalue weighted by molar-refractivity contribution is 0.170. The normalized spacial score (nSPS) is 11.5. The zero-order chi connectivity index (χ0) is 9.40. The molecule has 0 aromatic carbocycles. The van der Waals surface area contributed by atoms with Crippen LogP contribution in [-0.2, 0) is 0 Å². The summed E-state index contributed by atoms with van der Waals surface area (Å²) in [6, 6.07) is -0.160. The van der Waals surface area contributed by atoms with Gasteiger partial charge < -0.3 is 20.4 Å². The van der Waals surface area contributed by atoms with Crippen molar-refractivity contribution in [3.8, 4) is 0 Å². The van der Waals surface area contributed by atoms with E-state index in [0.29, 0.717) is 0 Å². The van der Waals surface area contributed by atoms with Gasteiger partial charge in [-0.15, -0.1) is 0 Å². The first-order chi connectivity index (χ1) is 5.70. The molecule has 4 nitrogen and oxygen atoms in total. The lowest BCUT2D eigenvalue weighted by Gasteiger charge is -2.14. The first kappa shape index (κ1) is 11.8. The lowest BCUT2D eigenvalue weighted by Crippen LogP contribution is -2.37. The summed E-state index contributed by atoms with van der Waals surface area (Å²) >= 11 is 0. The third-order valence-corrected chi connectivity index (χ3v) is 1.66. The third kappa shape index (κ3) is 6.54. The van der Waals surface area contributed by atoms with Crippen LogP contribution in [0.4, 0.5) is 0 Å². The summed E-state index contributed by atoms with van der Waals surface area (Å²) < 4.78 is 0. The summed E-state index contributed by atoms with van der Waals surface area (Å²) in [4.78, 5) is 2.11. The zero-order valence-electron chi connectivity index (χ0n) is 7.95. The van der Waals surface area contributed by atoms with E-state index in [9.17, 15) is 0 Å². The maximum atomic E-state index is 8.70. The summed E-state index contributed by atoms with van der Waals surface area (Å²) in [6.45, 7) is 1.86. The Kier molecular flexibility index (Phi) is 7.39. The molecule has 0 fully saturated rings. The van der Waals surface area contributed by atoms with E-state index in [0.717, 1.165) is 19.5 Å². The molecule has 0 spiro atoms. The first-order valence-electron chi connectivity index (χ1n) is 4.30. The van der Waals surface area contributed by atoms with Crippen LogP contribution in [0.2, 0.25) is 0 Å². The molecule has 0 atom stereocenters. The molecule has 0 saturated heterocycles. The second-order valence-corrected chi connectivity index (χ2v) is 3.17. The van der Waals surface area contributed by atoms with Crippen molar-refractivity contribution < 1.29 is 10.2 Å². The largest absolute Gasteiger partial charge is 0.395 e. The predicted molar refractivity (Wildman–Crippen MR) is 49.1 cm³/mol. The Balaban J connectivity index is 3.17. The van der Waals surface area contributed by atoms with Crippen molar-refractivity contribution in [3.63, 3.8) is 0 Å². The average Bonchev–Trinajstić information content (AvgIpc) is 2.04. The molecule has 0 heterocycles. The van der Waals surface area contributed by atoms with Crippen LogP contribution in [0.3, 0.4) is 0 Å². The van der Waals surface area contributed by atoms with Gasteiger partial charge in [-0.3, -0.25) is 0 Å². The number of hydrogen-bond donors (Lipinski definition) is 3. The molecule has 0 saturated carbocycles. The highest BCUT2D eigenvalue weighted by Crippen LogP contribution is 1.84. The molecule has 0 aromatic rings. The third-order valence-electron chi connectivity index (χ3n) is 1.66. The Morgan fingerprint density at radius 3 is 2.25 bits per heavy atom. The van der Waals surface area contributed by atoms with Crippen LogP contribution < -0.4 is 5.32 Å². The fourth-order valence-electron chi connectivity index (χ4n) is 0.888. The molecule has 0 rings (SSSR count). The Morgan fingerprint density at radius 1 is 1.25 bits per heavy atom. The topological polar surface area (TPSA) is 55.7 Å². The van der Waals surface area contributed by atoms with Crippen LogP contribution in [-0.4, -0.2) is 61.6 Å². The molecule has 0 unspecified atom stereocenters. The standard InChI is InChI=1S/C8H20N2O2/c1-10(2)5-3-4-9-8(6-11)7-12/h8-9,11-12H,3-7H2,1-2H3. The zero-order valence-corrected chi connectivity index (χ0v) is 7.95. The van der Waals surface area contributed by atoms with E-state index < -0.39 is 0 Å². The van der Waals surface area contributed by atoms with Gasteiger partial charge in [0.15, 0.2) is 0 Å². The van der Waals surface area contributed by atoms with Crippen molar-refractivity contribution in [2.45, 2.75) is 12.5 Å². The van der Waals surface area contributed by atoms with Crippen LogP contribution >= 0.6 is 0 Å². The molecule has 0 aliphatic heterocycles. The van der Waals surface area contributed by atoms with Gasteiger partial charge in [-0.2, -0.15) is 0 Å². The summed E-state index contributed by atoms with van der Waals surface area (Å²) in [7, 11) is 4.05. The van der Waals surface area contributed by atoms with Gasteiger partial charge in [0.25, 0.3) is 0 Å². The minimum absolute atomic E-state index is 0.00152. The summed E-state index contributed by atoms with van der Waals surface area (Å²) in [6.07, 6.45) is 1.03. The number of aliphatic hydroxyl groups excluding tert-OH is 2. The Labute approximate surface area is 74.2 Å². The monoisotopic (exact) mass is 176 g/mol. The van der Waals surface area contributed by atoms with Gasteiger partial charge in [-0.05, 0) is 33.6 Å². The van der Waals surface area contributed by atoms with E-state index in [2.05, 4.69) is 10.2 Å². The first-order valence-corrected chi connectivity index (χ1v) is 4.30. The molecular weight excluding hydrogens is 156 g/mol. The molecule has 0 bridgehead atoms. The van der Waals surface area contributed by atoms with Crippen molar-refractivity contribution in [1.82, 2.24) is 10.2 Å². The van der Waals surface area contributed by atoms with Crippen molar-refractivity contribution in [2.24, 2.45) is 0 Å². The van der Waals surface area contributed by atoms with Gasteiger partial charge >= 0.3 is 0 Å². The minimum atomic E-state index is -0.160. The van der Waals surface area contributed by atoms with Crippen LogP contribution in [0, 0.1) is 0 Å². The number of nitrogens with one attached hydrogen (secondary N) is 1. The summed E-state index contributed by atoms with van der Waals surface area (Å²) in [5.41, 5.74) is 0. The van der Waals surface area contributed by atoms with Crippen LogP contribution in [0.25, 0.3) is 0 Å². The van der Waals surface area contributed by atoms with Crippen molar-refractivity contribution in [1.29, 1.82) is 0 Å². The highest BCUT2D eigenvalue weighted by molar-refractivity contribution is 4.63. The fraction of sp³-hybridized carbons (Fsp3) is 1.00. The van der Waals surface area contributed by atoms with Gasteiger partial charge in [-0.25, -0.2) is 0 Å². The Morgan fingerprint density at radius 2 is 1.83 bits per heavy atom. The predicted octanol–water partition coefficient (Wildman–Crippen LogP) is -1.12. The van der Waals surface area contributed by atoms with Crippen LogP contribution in [0.5, 0.6) is 0 Å². The molecule has 0 aliphatic rings. The minimum Gasteiger partial charge on any atom is -0.395 e. The summed E-state index contributed by atoms with van der Waals surface area (Å²) in [5, 5.41) is 20.5. The molecule has 0 radical (unpaired) electrons. The van der Waals surface area contributed by atoms with E-state index in [4.69, 9.17) is 10.2 Å². The smallest absolute Gasteiger partial charge is 0.0607 e. The van der Waals surface area contributed by atoms with E-state index >= 15 is 0 Å². The molecule has 12 heavy (non-hydrogen) atoms. The van der Waals surface area contributed by atoms with Crippen molar-refractivity contribution in [2.75, 3.05) is 40.4 Å². The van der Waals surface area contributed by atoms with Gasteiger partial charge in [0, 0.05) is 0 Å². The molecule has 0 aromatic heterocycles. The van der Waals surface area contributed by atoms with Crippen molar-refractivity contribution >= 4 is 0 Å². The number of hydrogen-bond acceptors (Lipinski definition) is 4. The second kappa shape index (κ2) is 7.49. The fourth-order valence-corrected chi connectivity index (χ4v) is 0.888. The van der Waals surface area contributed by atoms with Gasteiger partial charge in [-0.1, -0.05) is 0 Å². The highest BCUT2D eigenvalue weighted by Gasteiger charge is 2.02. The van der Waals surface area contributed by atoms with E-state index in [1.54, 1.807) is 0 Å². The van der Waals surface area contributed by atoms with Crippen LogP contribution in [0.1, 0.15) is 6.42 Å². The van der Waals surface area contributed by atoms with Gasteiger partial charge in [0.05, 0.1) is 19.3 Å². The lowest BCUT2D eigenvalue weighted by atomic mass is 10.3. The van der Waals surface area contributed by atoms with Crippen LogP contribution in [0.15, 0.2) is 0 Å². The molecule has 4 heteroatoms. The number of rotatable bonds is 7. The highest BCUT2D eigenvalue weighted by atomic mass is 16.3. The molecule has 0 aliphatic carbocycles. The van der Waals surface area contributed by atoms with Gasteiger partial charge in [0.1, 0.15) is 0 Å². The molecule has 74 valence electrons. The Bertz CT molecular complexity index is 95.1. The van der Waals surface area contributed by atoms with E-state index in [-0.39, 0.29) is 19.3 Å².